The van der Waals surface area contributed by atoms with E-state index in [0.717, 1.165) is 26.1 Å². The molecule has 1 N–H and O–H groups in total. The molecule has 3 rings (SSSR count). The van der Waals surface area contributed by atoms with Crippen molar-refractivity contribution in [1.82, 2.24) is 20.2 Å². The first-order valence-corrected chi connectivity index (χ1v) is 9.64. The number of hydrogen-bond acceptors (Lipinski definition) is 5. The van der Waals surface area contributed by atoms with Crippen molar-refractivity contribution in [1.29, 1.82) is 0 Å². The molecule has 6 nitrogen and oxygen atoms in total. The summed E-state index contributed by atoms with van der Waals surface area (Å²) < 4.78 is 2.77. The van der Waals surface area contributed by atoms with E-state index in [2.05, 4.69) is 43.4 Å². The predicted octanol–water partition coefficient (Wildman–Crippen LogP) is 3.61. The number of nitrogens with zero attached hydrogens (tertiary/aromatic N) is 4. The Balaban J connectivity index is 1.67. The Bertz CT molecular complexity index is 874. The first-order chi connectivity index (χ1) is 12.0. The second-order valence-electron chi connectivity index (χ2n) is 5.45. The summed E-state index contributed by atoms with van der Waals surface area (Å²) in [5.41, 5.74) is 3.82. The van der Waals surface area contributed by atoms with Gasteiger partial charge in [0.05, 0.1) is 11.4 Å². The quantitative estimate of drug-likeness (QED) is 0.461. The molecular weight excluding hydrogens is 449 g/mol. The Morgan fingerprint density at radius 3 is 2.52 bits per heavy atom. The number of amides is 1. The second-order valence-corrected chi connectivity index (χ2v) is 7.64. The van der Waals surface area contributed by atoms with Crippen LogP contribution in [0.4, 0.5) is 5.69 Å². The molecule has 0 aliphatic rings. The van der Waals surface area contributed by atoms with Gasteiger partial charge >= 0.3 is 0 Å². The molecule has 0 aliphatic heterocycles. The molecule has 1 heterocycles. The second kappa shape index (κ2) is 7.96. The molecule has 1 amide bonds. The third-order valence-electron chi connectivity index (χ3n) is 3.59. The summed E-state index contributed by atoms with van der Waals surface area (Å²) in [6.07, 6.45) is 0. The van der Waals surface area contributed by atoms with Crippen LogP contribution in [0.1, 0.15) is 11.1 Å². The van der Waals surface area contributed by atoms with Crippen LogP contribution < -0.4 is 5.32 Å². The molecule has 2 aromatic carbocycles. The standard InChI is InChI=1S/C17H16IN5OS/c1-11-4-3-5-12(2)16(11)19-15(24)10-25-17-20-21-22-23(17)14-8-6-13(18)7-9-14/h3-9H,10H2,1-2H3,(H,19,24). The number of aryl methyl sites for hydroxylation is 2. The number of rotatable bonds is 5. The summed E-state index contributed by atoms with van der Waals surface area (Å²) >= 11 is 3.55. The number of nitrogens with one attached hydrogen (secondary N) is 1. The van der Waals surface area contributed by atoms with E-state index in [9.17, 15) is 4.79 Å². The average Bonchev–Trinajstić information content (AvgIpc) is 3.06. The fourth-order valence-corrected chi connectivity index (χ4v) is 3.38. The van der Waals surface area contributed by atoms with Crippen molar-refractivity contribution in [2.24, 2.45) is 0 Å². The summed E-state index contributed by atoms with van der Waals surface area (Å²) in [4.78, 5) is 12.3. The largest absolute Gasteiger partial charge is 0.325 e. The number of tetrazole rings is 1. The van der Waals surface area contributed by atoms with Crippen molar-refractivity contribution in [3.05, 3.63) is 57.2 Å². The van der Waals surface area contributed by atoms with Gasteiger partial charge in [-0.3, -0.25) is 4.79 Å². The van der Waals surface area contributed by atoms with Crippen LogP contribution in [0.25, 0.3) is 5.69 Å². The van der Waals surface area contributed by atoms with Gasteiger partial charge in [0.25, 0.3) is 0 Å². The molecule has 0 aliphatic carbocycles. The Hall–Kier alpha value is -1.94. The number of aromatic nitrogens is 4. The number of thioether (sulfide) groups is 1. The molecule has 0 fully saturated rings. The van der Waals surface area contributed by atoms with Crippen LogP contribution in [0, 0.1) is 17.4 Å². The minimum atomic E-state index is -0.0837. The van der Waals surface area contributed by atoms with Crippen molar-refractivity contribution in [3.63, 3.8) is 0 Å². The van der Waals surface area contributed by atoms with Crippen molar-refractivity contribution in [3.8, 4) is 5.69 Å². The summed E-state index contributed by atoms with van der Waals surface area (Å²) in [6, 6.07) is 13.8. The van der Waals surface area contributed by atoms with E-state index in [1.54, 1.807) is 4.68 Å². The molecule has 3 aromatic rings. The maximum atomic E-state index is 12.3. The van der Waals surface area contributed by atoms with Gasteiger partial charge in [-0.25, -0.2) is 0 Å². The van der Waals surface area contributed by atoms with E-state index >= 15 is 0 Å². The number of anilines is 1. The molecule has 0 atom stereocenters. The van der Waals surface area contributed by atoms with Gasteiger partial charge < -0.3 is 5.32 Å². The highest BCUT2D eigenvalue weighted by Gasteiger charge is 2.13. The van der Waals surface area contributed by atoms with Crippen LogP contribution in [0.3, 0.4) is 0 Å². The fourth-order valence-electron chi connectivity index (χ4n) is 2.33. The number of carbonyl (C=O) groups is 1. The molecule has 0 saturated heterocycles. The third-order valence-corrected chi connectivity index (χ3v) is 5.23. The van der Waals surface area contributed by atoms with Crippen LogP contribution in [-0.2, 0) is 4.79 Å². The minimum absolute atomic E-state index is 0.0837. The van der Waals surface area contributed by atoms with Gasteiger partial charge in [-0.1, -0.05) is 30.0 Å². The predicted molar refractivity (Wildman–Crippen MR) is 107 cm³/mol. The molecule has 0 spiro atoms. The Morgan fingerprint density at radius 1 is 1.16 bits per heavy atom. The Morgan fingerprint density at radius 2 is 1.84 bits per heavy atom. The SMILES string of the molecule is Cc1cccc(C)c1NC(=O)CSc1nnnn1-c1ccc(I)cc1. The zero-order valence-corrected chi connectivity index (χ0v) is 16.7. The molecule has 1 aromatic heterocycles. The molecule has 0 bridgehead atoms. The lowest BCUT2D eigenvalue weighted by molar-refractivity contribution is -0.113. The summed E-state index contributed by atoms with van der Waals surface area (Å²) in [7, 11) is 0. The van der Waals surface area contributed by atoms with Gasteiger partial charge in [0.2, 0.25) is 11.1 Å². The van der Waals surface area contributed by atoms with E-state index in [1.165, 1.54) is 11.8 Å². The van der Waals surface area contributed by atoms with Gasteiger partial charge in [0.1, 0.15) is 0 Å². The topological polar surface area (TPSA) is 72.7 Å². The van der Waals surface area contributed by atoms with Crippen molar-refractivity contribution in [2.45, 2.75) is 19.0 Å². The van der Waals surface area contributed by atoms with Gasteiger partial charge in [-0.15, -0.1) is 5.10 Å². The highest BCUT2D eigenvalue weighted by molar-refractivity contribution is 14.1. The maximum absolute atomic E-state index is 12.3. The van der Waals surface area contributed by atoms with Crippen LogP contribution >= 0.6 is 34.4 Å². The van der Waals surface area contributed by atoms with E-state index in [0.29, 0.717) is 5.16 Å². The Labute approximate surface area is 163 Å². The van der Waals surface area contributed by atoms with Crippen LogP contribution in [0.2, 0.25) is 0 Å². The molecule has 0 saturated carbocycles. The third kappa shape index (κ3) is 4.37. The molecule has 8 heteroatoms. The highest BCUT2D eigenvalue weighted by atomic mass is 127. The summed E-state index contributed by atoms with van der Waals surface area (Å²) in [6.45, 7) is 3.96. The smallest absolute Gasteiger partial charge is 0.234 e. The van der Waals surface area contributed by atoms with E-state index < -0.39 is 0 Å². The van der Waals surface area contributed by atoms with E-state index in [4.69, 9.17) is 0 Å². The molecule has 0 radical (unpaired) electrons. The number of carbonyl (C=O) groups excluding carboxylic acids is 1. The van der Waals surface area contributed by atoms with E-state index in [1.807, 2.05) is 56.3 Å². The molecule has 0 unspecified atom stereocenters. The van der Waals surface area contributed by atoms with Crippen LogP contribution in [0.15, 0.2) is 47.6 Å². The molecule has 128 valence electrons. The number of para-hydroxylation sites is 1. The van der Waals surface area contributed by atoms with Crippen molar-refractivity contribution in [2.75, 3.05) is 11.1 Å². The van der Waals surface area contributed by atoms with Crippen LogP contribution in [-0.4, -0.2) is 31.9 Å². The average molecular weight is 465 g/mol. The first-order valence-electron chi connectivity index (χ1n) is 7.58. The molecular formula is C17H16IN5OS. The number of benzene rings is 2. The number of hydrogen-bond donors (Lipinski definition) is 1. The van der Waals surface area contributed by atoms with Crippen molar-refractivity contribution < 1.29 is 4.79 Å². The monoisotopic (exact) mass is 465 g/mol. The normalized spacial score (nSPS) is 10.7. The first kappa shape index (κ1) is 17.9. The fraction of sp³-hybridized carbons (Fsp3) is 0.176. The van der Waals surface area contributed by atoms with E-state index in [-0.39, 0.29) is 11.7 Å². The summed E-state index contributed by atoms with van der Waals surface area (Å²) in [5.74, 6) is 0.151. The summed E-state index contributed by atoms with van der Waals surface area (Å²) in [5, 5.41) is 15.3. The van der Waals surface area contributed by atoms with Gasteiger partial charge in [0.15, 0.2) is 0 Å². The molecule has 25 heavy (non-hydrogen) atoms. The van der Waals surface area contributed by atoms with Gasteiger partial charge in [-0.05, 0) is 82.3 Å². The lowest BCUT2D eigenvalue weighted by atomic mass is 10.1. The highest BCUT2D eigenvalue weighted by Crippen LogP contribution is 2.22. The van der Waals surface area contributed by atoms with Gasteiger partial charge in [-0.2, -0.15) is 4.68 Å². The number of halogens is 1. The lowest BCUT2D eigenvalue weighted by Crippen LogP contribution is -2.16. The zero-order chi connectivity index (χ0) is 17.8. The zero-order valence-electron chi connectivity index (χ0n) is 13.7. The minimum Gasteiger partial charge on any atom is -0.325 e. The Kier molecular flexibility index (Phi) is 5.69. The van der Waals surface area contributed by atoms with Crippen molar-refractivity contribution >= 4 is 45.9 Å². The van der Waals surface area contributed by atoms with Gasteiger partial charge in [0, 0.05) is 9.26 Å². The van der Waals surface area contributed by atoms with Crippen LogP contribution in [0.5, 0.6) is 0 Å². The maximum Gasteiger partial charge on any atom is 0.234 e. The lowest BCUT2D eigenvalue weighted by Gasteiger charge is -2.11.